The summed E-state index contributed by atoms with van der Waals surface area (Å²) < 4.78 is 76.9. The van der Waals surface area contributed by atoms with Crippen LogP contribution in [0.2, 0.25) is 0 Å². The minimum Gasteiger partial charge on any atom is 3.00 e. The molecule has 9 nitrogen and oxygen atoms in total. The molecule has 0 heterocycles. The van der Waals surface area contributed by atoms with E-state index in [-0.39, 0.29) is 34.1 Å². The first kappa shape index (κ1) is 29.7. The third-order valence-electron chi connectivity index (χ3n) is 0. The molecule has 0 rings (SSSR count). The summed E-state index contributed by atoms with van der Waals surface area (Å²) in [4.78, 5) is 0. The molecule has 0 aromatic carbocycles. The molecule has 0 saturated carbocycles. The van der Waals surface area contributed by atoms with E-state index in [0.29, 0.717) is 0 Å². The summed E-state index contributed by atoms with van der Waals surface area (Å²) in [6.07, 6.45) is 0. The molecule has 0 unspecified atom stereocenters. The molecule has 14 heavy (non-hydrogen) atoms. The normalized spacial score (nSPS) is 7.50. The SMILES string of the molecule is O=[Se]([O-])[O-].O=[Se]([O-])[O-].O=[Se]([O-])[O-].[Fe+3].[Fe+3]. The first-order chi connectivity index (χ1) is 5.20. The molecule has 0 saturated heterocycles. The van der Waals surface area contributed by atoms with E-state index < -0.39 is 43.5 Å². The number of hydrogen-bond donors (Lipinski definition) is 0. The second kappa shape index (κ2) is 24.1. The van der Waals surface area contributed by atoms with Gasteiger partial charge < -0.3 is 0 Å². The molecule has 0 spiro atoms. The molecule has 0 amide bonds. The Kier molecular flexibility index (Phi) is 51.1. The largest absolute Gasteiger partial charge is 3.00 e. The molecule has 0 fully saturated rings. The van der Waals surface area contributed by atoms with Gasteiger partial charge in [-0.3, -0.25) is 0 Å². The van der Waals surface area contributed by atoms with Crippen LogP contribution in [0.3, 0.4) is 0 Å². The summed E-state index contributed by atoms with van der Waals surface area (Å²) in [5.74, 6) is 0. The van der Waals surface area contributed by atoms with Crippen molar-refractivity contribution < 1.29 is 70.8 Å². The van der Waals surface area contributed by atoms with Gasteiger partial charge in [0.15, 0.2) is 0 Å². The average Bonchev–Trinajstić information content (AvgIpc) is 1.54. The Balaban J connectivity index is -0.0000000270. The van der Waals surface area contributed by atoms with Gasteiger partial charge in [-0.1, -0.05) is 0 Å². The topological polar surface area (TPSA) is 190 Å². The maximum Gasteiger partial charge on any atom is 3.00 e. The minimum absolute atomic E-state index is 0. The molecule has 0 aromatic rings. The molecule has 0 aliphatic carbocycles. The Hall–Kier alpha value is 1.76. The molecule has 0 aliphatic rings. The zero-order valence-corrected chi connectivity index (χ0v) is 13.0. The van der Waals surface area contributed by atoms with E-state index >= 15 is 0 Å². The van der Waals surface area contributed by atoms with Gasteiger partial charge in [0, 0.05) is 0 Å². The third-order valence-corrected chi connectivity index (χ3v) is 0. The van der Waals surface area contributed by atoms with Crippen LogP contribution in [-0.2, 0) is 45.6 Å². The van der Waals surface area contributed by atoms with Crippen molar-refractivity contribution in [3.05, 3.63) is 0 Å². The Labute approximate surface area is 113 Å². The van der Waals surface area contributed by atoms with Crippen molar-refractivity contribution in [1.82, 2.24) is 0 Å². The van der Waals surface area contributed by atoms with Crippen molar-refractivity contribution in [1.29, 1.82) is 0 Å². The maximum atomic E-state index is 8.54. The molecular weight excluding hydrogens is 493 g/mol. The summed E-state index contributed by atoms with van der Waals surface area (Å²) in [6, 6.07) is 0. The molecule has 0 aliphatic heterocycles. The number of hydrogen-bond acceptors (Lipinski definition) is 9. The van der Waals surface area contributed by atoms with Crippen LogP contribution in [0.25, 0.3) is 0 Å². The van der Waals surface area contributed by atoms with Crippen LogP contribution >= 0.6 is 0 Å². The van der Waals surface area contributed by atoms with Gasteiger partial charge in [0.2, 0.25) is 0 Å². The van der Waals surface area contributed by atoms with Crippen molar-refractivity contribution in [2.75, 3.05) is 0 Å². The Morgan fingerprint density at radius 3 is 0.500 bits per heavy atom. The van der Waals surface area contributed by atoms with Crippen LogP contribution in [0.5, 0.6) is 0 Å². The van der Waals surface area contributed by atoms with Crippen molar-refractivity contribution in [2.45, 2.75) is 0 Å². The zero-order chi connectivity index (χ0) is 10.7. The molecule has 0 bridgehead atoms. The molecule has 0 aromatic heterocycles. The van der Waals surface area contributed by atoms with Gasteiger partial charge in [-0.25, -0.2) is 0 Å². The minimum atomic E-state index is -3.79. The Bertz CT molecular complexity index is 116. The van der Waals surface area contributed by atoms with E-state index in [1.807, 2.05) is 0 Å². The van der Waals surface area contributed by atoms with Crippen LogP contribution in [0, 0.1) is 0 Å². The van der Waals surface area contributed by atoms with E-state index in [1.54, 1.807) is 0 Å². The molecule has 0 N–H and O–H groups in total. The molecular formula is Fe2O9Se3. The smallest absolute Gasteiger partial charge is 3.00 e. The van der Waals surface area contributed by atoms with Gasteiger partial charge in [0.1, 0.15) is 0 Å². The predicted octanol–water partition coefficient (Wildman–Crippen LogP) is -8.64. The van der Waals surface area contributed by atoms with E-state index in [2.05, 4.69) is 0 Å². The fourth-order valence-electron chi connectivity index (χ4n) is 0. The second-order valence-corrected chi connectivity index (χ2v) is 3.18. The zero-order valence-electron chi connectivity index (χ0n) is 5.61. The molecule has 88 valence electrons. The van der Waals surface area contributed by atoms with Crippen molar-refractivity contribution in [2.24, 2.45) is 0 Å². The van der Waals surface area contributed by atoms with Crippen molar-refractivity contribution in [3.63, 3.8) is 0 Å². The van der Waals surface area contributed by atoms with Crippen LogP contribution in [0.4, 0.5) is 0 Å². The van der Waals surface area contributed by atoms with Crippen LogP contribution in [-0.4, -0.2) is 43.5 Å². The first-order valence-corrected chi connectivity index (χ1v) is 7.79. The van der Waals surface area contributed by atoms with Gasteiger partial charge >= 0.3 is 114 Å². The maximum absolute atomic E-state index is 8.54. The van der Waals surface area contributed by atoms with Gasteiger partial charge in [-0.05, 0) is 0 Å². The molecule has 14 heteroatoms. The first-order valence-electron chi connectivity index (χ1n) is 1.50. The average molecular weight is 493 g/mol. The van der Waals surface area contributed by atoms with Gasteiger partial charge in [0.05, 0.1) is 0 Å². The van der Waals surface area contributed by atoms with E-state index in [0.717, 1.165) is 0 Å². The summed E-state index contributed by atoms with van der Waals surface area (Å²) in [7, 11) is 0. The van der Waals surface area contributed by atoms with E-state index in [9.17, 15) is 0 Å². The fourth-order valence-corrected chi connectivity index (χ4v) is 0. The summed E-state index contributed by atoms with van der Waals surface area (Å²) >= 11 is -11.4. The van der Waals surface area contributed by atoms with E-state index in [4.69, 9.17) is 36.6 Å². The molecule has 2 radical (unpaired) electrons. The summed E-state index contributed by atoms with van der Waals surface area (Å²) in [5.41, 5.74) is 0. The second-order valence-electron chi connectivity index (χ2n) is 0.612. The van der Waals surface area contributed by atoms with Crippen LogP contribution < -0.4 is 25.1 Å². The van der Waals surface area contributed by atoms with Crippen LogP contribution in [0.15, 0.2) is 0 Å². The monoisotopic (exact) mass is 496 g/mol. The Morgan fingerprint density at radius 1 is 0.500 bits per heavy atom. The van der Waals surface area contributed by atoms with Gasteiger partial charge in [0.25, 0.3) is 0 Å². The fraction of sp³-hybridized carbons (Fsp3) is 0. The standard InChI is InChI=1S/2Fe.3H2O3Se/c;;3*1-4(2)3/h;;3*(H2,1,2,3)/q2*+3;;;/p-6. The van der Waals surface area contributed by atoms with E-state index in [1.165, 1.54) is 0 Å². The third kappa shape index (κ3) is 725. The van der Waals surface area contributed by atoms with Crippen molar-refractivity contribution >= 4 is 43.5 Å². The summed E-state index contributed by atoms with van der Waals surface area (Å²) in [6.45, 7) is 0. The van der Waals surface area contributed by atoms with Crippen molar-refractivity contribution in [3.8, 4) is 0 Å². The Morgan fingerprint density at radius 2 is 0.500 bits per heavy atom. The predicted molar refractivity (Wildman–Crippen MR) is 19.3 cm³/mol. The molecule has 0 atom stereocenters. The quantitative estimate of drug-likeness (QED) is 0.296. The van der Waals surface area contributed by atoms with Crippen LogP contribution in [0.1, 0.15) is 0 Å². The van der Waals surface area contributed by atoms with Gasteiger partial charge in [-0.15, -0.1) is 0 Å². The number of rotatable bonds is 0. The van der Waals surface area contributed by atoms with Gasteiger partial charge in [-0.2, -0.15) is 0 Å². The summed E-state index contributed by atoms with van der Waals surface area (Å²) in [5, 5.41) is 0.